The van der Waals surface area contributed by atoms with E-state index in [1.807, 2.05) is 0 Å². The number of hydrogen-bond donors (Lipinski definition) is 1. The Morgan fingerprint density at radius 1 is 1.22 bits per heavy atom. The molecule has 0 amide bonds. The normalized spacial score (nSPS) is 24.7. The lowest BCUT2D eigenvalue weighted by Gasteiger charge is -2.35. The number of ether oxygens (including phenoxy) is 1. The fourth-order valence-electron chi connectivity index (χ4n) is 2.67. The molecule has 2 atom stereocenters. The Hall–Kier alpha value is -0.120. The molecule has 108 valence electrons. The molecular formula is C15H32N2O. The summed E-state index contributed by atoms with van der Waals surface area (Å²) in [4.78, 5) is 2.59. The Kier molecular flexibility index (Phi) is 8.64. The predicted molar refractivity (Wildman–Crippen MR) is 78.0 cm³/mol. The quantitative estimate of drug-likeness (QED) is 0.686. The van der Waals surface area contributed by atoms with E-state index >= 15 is 0 Å². The zero-order valence-corrected chi connectivity index (χ0v) is 12.6. The maximum absolute atomic E-state index is 5.68. The minimum Gasteiger partial charge on any atom is -0.381 e. The molecule has 0 saturated carbocycles. The Balaban J connectivity index is 2.38. The maximum atomic E-state index is 5.68. The van der Waals surface area contributed by atoms with Gasteiger partial charge in [-0.05, 0) is 38.9 Å². The van der Waals surface area contributed by atoms with Crippen molar-refractivity contribution in [3.63, 3.8) is 0 Å². The summed E-state index contributed by atoms with van der Waals surface area (Å²) in [5, 5.41) is 3.70. The van der Waals surface area contributed by atoms with Crippen LogP contribution in [-0.2, 0) is 4.74 Å². The summed E-state index contributed by atoms with van der Waals surface area (Å²) in [5.41, 5.74) is 0. The summed E-state index contributed by atoms with van der Waals surface area (Å²) in [5.74, 6) is 0.669. The number of rotatable bonds is 9. The van der Waals surface area contributed by atoms with Crippen LogP contribution in [0.2, 0.25) is 0 Å². The van der Waals surface area contributed by atoms with Crippen molar-refractivity contribution in [1.29, 1.82) is 0 Å². The first kappa shape index (κ1) is 15.9. The van der Waals surface area contributed by atoms with Gasteiger partial charge in [0.1, 0.15) is 0 Å². The molecule has 3 nitrogen and oxygen atoms in total. The molecular weight excluding hydrogens is 224 g/mol. The van der Waals surface area contributed by atoms with Crippen molar-refractivity contribution in [1.82, 2.24) is 10.2 Å². The second kappa shape index (κ2) is 9.76. The Morgan fingerprint density at radius 2 is 2.06 bits per heavy atom. The van der Waals surface area contributed by atoms with E-state index < -0.39 is 0 Å². The van der Waals surface area contributed by atoms with E-state index in [-0.39, 0.29) is 0 Å². The summed E-state index contributed by atoms with van der Waals surface area (Å²) in [6.45, 7) is 13.4. The predicted octanol–water partition coefficient (Wildman–Crippen LogP) is 2.51. The molecule has 1 saturated heterocycles. The van der Waals surface area contributed by atoms with Crippen molar-refractivity contribution in [3.05, 3.63) is 0 Å². The van der Waals surface area contributed by atoms with Crippen molar-refractivity contribution in [2.45, 2.75) is 52.5 Å². The minimum absolute atomic E-state index is 0.661. The van der Waals surface area contributed by atoms with Crippen molar-refractivity contribution in [3.8, 4) is 0 Å². The highest BCUT2D eigenvalue weighted by molar-refractivity contribution is 4.82. The fraction of sp³-hybridized carbons (Fsp3) is 1.00. The van der Waals surface area contributed by atoms with Crippen molar-refractivity contribution in [2.75, 3.05) is 39.4 Å². The maximum Gasteiger partial charge on any atom is 0.0521 e. The van der Waals surface area contributed by atoms with Crippen molar-refractivity contribution in [2.24, 2.45) is 5.92 Å². The molecule has 0 aliphatic carbocycles. The summed E-state index contributed by atoms with van der Waals surface area (Å²) in [6, 6.07) is 0.661. The average Bonchev–Trinajstić information content (AvgIpc) is 2.42. The van der Waals surface area contributed by atoms with Crippen LogP contribution in [0.3, 0.4) is 0 Å². The number of hydrogen-bond acceptors (Lipinski definition) is 3. The van der Waals surface area contributed by atoms with E-state index in [9.17, 15) is 0 Å². The van der Waals surface area contributed by atoms with Gasteiger partial charge in [0.05, 0.1) is 6.61 Å². The van der Waals surface area contributed by atoms with Crippen LogP contribution in [0.25, 0.3) is 0 Å². The highest BCUT2D eigenvalue weighted by Crippen LogP contribution is 2.16. The second-order valence-corrected chi connectivity index (χ2v) is 5.43. The van der Waals surface area contributed by atoms with Gasteiger partial charge >= 0.3 is 0 Å². The third-order valence-electron chi connectivity index (χ3n) is 3.90. The molecule has 0 bridgehead atoms. The van der Waals surface area contributed by atoms with E-state index in [4.69, 9.17) is 4.74 Å². The van der Waals surface area contributed by atoms with Gasteiger partial charge in [-0.25, -0.2) is 0 Å². The third kappa shape index (κ3) is 5.68. The molecule has 1 N–H and O–H groups in total. The molecule has 1 aliphatic heterocycles. The van der Waals surface area contributed by atoms with Crippen LogP contribution in [0, 0.1) is 5.92 Å². The van der Waals surface area contributed by atoms with Crippen LogP contribution in [0.5, 0.6) is 0 Å². The van der Waals surface area contributed by atoms with Gasteiger partial charge in [0, 0.05) is 25.1 Å². The van der Waals surface area contributed by atoms with E-state index in [0.29, 0.717) is 12.0 Å². The van der Waals surface area contributed by atoms with Gasteiger partial charge in [0.2, 0.25) is 0 Å². The van der Waals surface area contributed by atoms with Crippen LogP contribution in [0.1, 0.15) is 46.5 Å². The molecule has 1 fully saturated rings. The molecule has 0 aromatic rings. The summed E-state index contributed by atoms with van der Waals surface area (Å²) >= 11 is 0. The standard InChI is InChI=1S/C15H32N2O/c1-4-7-10-17(6-3)12-14-13-18-11-8-15(14)16-9-5-2/h14-16H,4-13H2,1-3H3. The first-order valence-electron chi connectivity index (χ1n) is 7.85. The van der Waals surface area contributed by atoms with Gasteiger partial charge in [-0.3, -0.25) is 0 Å². The van der Waals surface area contributed by atoms with E-state index in [1.165, 1.54) is 38.8 Å². The highest BCUT2D eigenvalue weighted by atomic mass is 16.5. The zero-order valence-electron chi connectivity index (χ0n) is 12.6. The SMILES string of the molecule is CCCCN(CC)CC1COCCC1NCCC. The lowest BCUT2D eigenvalue weighted by atomic mass is 9.94. The van der Waals surface area contributed by atoms with E-state index in [0.717, 1.165) is 26.3 Å². The first-order chi connectivity index (χ1) is 8.81. The fourth-order valence-corrected chi connectivity index (χ4v) is 2.67. The Bertz CT molecular complexity index is 199. The number of unbranched alkanes of at least 4 members (excludes halogenated alkanes) is 1. The van der Waals surface area contributed by atoms with Crippen LogP contribution in [0.15, 0.2) is 0 Å². The monoisotopic (exact) mass is 256 g/mol. The topological polar surface area (TPSA) is 24.5 Å². The molecule has 18 heavy (non-hydrogen) atoms. The molecule has 0 radical (unpaired) electrons. The van der Waals surface area contributed by atoms with Gasteiger partial charge in [-0.15, -0.1) is 0 Å². The first-order valence-corrected chi connectivity index (χ1v) is 7.85. The number of nitrogens with zero attached hydrogens (tertiary/aromatic N) is 1. The Labute approximate surface area is 113 Å². The zero-order chi connectivity index (χ0) is 13.2. The molecule has 2 unspecified atom stereocenters. The van der Waals surface area contributed by atoms with Crippen LogP contribution < -0.4 is 5.32 Å². The van der Waals surface area contributed by atoms with Gasteiger partial charge in [-0.2, -0.15) is 0 Å². The van der Waals surface area contributed by atoms with Crippen molar-refractivity contribution >= 4 is 0 Å². The van der Waals surface area contributed by atoms with E-state index in [1.54, 1.807) is 0 Å². The van der Waals surface area contributed by atoms with Crippen LogP contribution >= 0.6 is 0 Å². The molecule has 1 heterocycles. The van der Waals surface area contributed by atoms with Gasteiger partial charge in [0.25, 0.3) is 0 Å². The lowest BCUT2D eigenvalue weighted by molar-refractivity contribution is 0.0171. The summed E-state index contributed by atoms with van der Waals surface area (Å²) < 4.78 is 5.68. The molecule has 0 aromatic carbocycles. The van der Waals surface area contributed by atoms with Crippen LogP contribution in [0.4, 0.5) is 0 Å². The third-order valence-corrected chi connectivity index (χ3v) is 3.90. The van der Waals surface area contributed by atoms with Gasteiger partial charge in [0.15, 0.2) is 0 Å². The second-order valence-electron chi connectivity index (χ2n) is 5.43. The summed E-state index contributed by atoms with van der Waals surface area (Å²) in [7, 11) is 0. The lowest BCUT2D eigenvalue weighted by Crippen LogP contribution is -2.48. The highest BCUT2D eigenvalue weighted by Gasteiger charge is 2.26. The van der Waals surface area contributed by atoms with Gasteiger partial charge in [-0.1, -0.05) is 27.2 Å². The molecule has 1 aliphatic rings. The van der Waals surface area contributed by atoms with Gasteiger partial charge < -0.3 is 15.0 Å². The molecule has 0 aromatic heterocycles. The van der Waals surface area contributed by atoms with Crippen LogP contribution in [-0.4, -0.2) is 50.3 Å². The largest absolute Gasteiger partial charge is 0.381 e. The number of nitrogens with one attached hydrogen (secondary N) is 1. The van der Waals surface area contributed by atoms with E-state index in [2.05, 4.69) is 31.0 Å². The average molecular weight is 256 g/mol. The molecule has 1 rings (SSSR count). The minimum atomic E-state index is 0.661. The Morgan fingerprint density at radius 3 is 2.72 bits per heavy atom. The molecule has 0 spiro atoms. The summed E-state index contributed by atoms with van der Waals surface area (Å²) in [6.07, 6.45) is 5.00. The molecule has 3 heteroatoms. The smallest absolute Gasteiger partial charge is 0.0521 e. The van der Waals surface area contributed by atoms with Crippen molar-refractivity contribution < 1.29 is 4.74 Å².